The Morgan fingerprint density at radius 3 is 2.71 bits per heavy atom. The minimum Gasteiger partial charge on any atom is -0.355 e. The summed E-state index contributed by atoms with van der Waals surface area (Å²) in [6.45, 7) is 2.42. The summed E-state index contributed by atoms with van der Waals surface area (Å²) in [4.78, 5) is 11.2. The molecule has 0 saturated heterocycles. The quantitative estimate of drug-likeness (QED) is 0.541. The second-order valence-electron chi connectivity index (χ2n) is 2.93. The van der Waals surface area contributed by atoms with Crippen LogP contribution in [0.5, 0.6) is 0 Å². The second kappa shape index (κ2) is 9.65. The molecule has 0 aliphatic carbocycles. The van der Waals surface area contributed by atoms with Gasteiger partial charge in [0.15, 0.2) is 0 Å². The van der Waals surface area contributed by atoms with Crippen LogP contribution in [-0.2, 0) is 15.6 Å². The lowest BCUT2D eigenvalue weighted by Gasteiger charge is -2.03. The largest absolute Gasteiger partial charge is 0.355 e. The Kier molecular flexibility index (Phi) is 9.72. The van der Waals surface area contributed by atoms with E-state index >= 15 is 0 Å². The van der Waals surface area contributed by atoms with Crippen LogP contribution < -0.4 is 5.32 Å². The molecular weight excluding hydrogens is 266 g/mol. The van der Waals surface area contributed by atoms with Gasteiger partial charge < -0.3 is 5.32 Å². The lowest BCUT2D eigenvalue weighted by Crippen LogP contribution is -2.27. The van der Waals surface area contributed by atoms with E-state index in [2.05, 4.69) is 21.2 Å². The average Bonchev–Trinajstić information content (AvgIpc) is 2.18. The second-order valence-corrected chi connectivity index (χ2v) is 5.59. The summed E-state index contributed by atoms with van der Waals surface area (Å²) in [5, 5.41) is 3.70. The highest BCUT2D eigenvalue weighted by molar-refractivity contribution is 9.09. The van der Waals surface area contributed by atoms with Gasteiger partial charge in [0.05, 0.1) is 0 Å². The van der Waals surface area contributed by atoms with Crippen LogP contribution in [0.15, 0.2) is 0 Å². The maximum Gasteiger partial charge on any atom is 0.220 e. The first-order valence-electron chi connectivity index (χ1n) is 4.88. The number of unbranched alkanes of at least 4 members (excludes halogenated alkanes) is 1. The molecule has 0 spiro atoms. The van der Waals surface area contributed by atoms with E-state index in [9.17, 15) is 9.00 Å². The molecule has 1 atom stereocenters. The Balaban J connectivity index is 3.31. The minimum atomic E-state index is -0.773. The predicted octanol–water partition coefficient (Wildman–Crippen LogP) is 1.44. The fourth-order valence-corrected chi connectivity index (χ4v) is 1.93. The normalized spacial score (nSPS) is 12.4. The maximum atomic E-state index is 11.2. The van der Waals surface area contributed by atoms with Gasteiger partial charge in [-0.2, -0.15) is 0 Å². The molecule has 0 aromatic heterocycles. The van der Waals surface area contributed by atoms with Gasteiger partial charge >= 0.3 is 0 Å². The first-order valence-corrected chi connectivity index (χ1v) is 7.49. The van der Waals surface area contributed by atoms with Gasteiger partial charge in [-0.15, -0.1) is 0 Å². The van der Waals surface area contributed by atoms with Crippen LogP contribution in [0.3, 0.4) is 0 Å². The first kappa shape index (κ1) is 14.1. The van der Waals surface area contributed by atoms with Crippen molar-refractivity contribution in [3.8, 4) is 0 Å². The highest BCUT2D eigenvalue weighted by Crippen LogP contribution is 1.97. The van der Waals surface area contributed by atoms with E-state index in [1.165, 1.54) is 0 Å². The number of hydrogen-bond donors (Lipinski definition) is 1. The van der Waals surface area contributed by atoms with Gasteiger partial charge in [-0.1, -0.05) is 22.9 Å². The molecule has 0 radical (unpaired) electrons. The number of halogens is 1. The SMILES string of the molecule is CCS(=O)CCNC(=O)CCCCBr. The van der Waals surface area contributed by atoms with Gasteiger partial charge in [-0.05, 0) is 12.8 Å². The van der Waals surface area contributed by atoms with Crippen molar-refractivity contribution in [1.82, 2.24) is 5.32 Å². The zero-order chi connectivity index (χ0) is 10.8. The number of carbonyl (C=O) groups is 1. The predicted molar refractivity (Wildman–Crippen MR) is 64.2 cm³/mol. The third-order valence-electron chi connectivity index (χ3n) is 1.76. The maximum absolute atomic E-state index is 11.2. The zero-order valence-corrected chi connectivity index (χ0v) is 11.0. The van der Waals surface area contributed by atoms with Crippen LogP contribution in [0.1, 0.15) is 26.2 Å². The van der Waals surface area contributed by atoms with Gasteiger partial charge in [0.25, 0.3) is 0 Å². The van der Waals surface area contributed by atoms with Crippen molar-refractivity contribution in [3.63, 3.8) is 0 Å². The number of alkyl halides is 1. The standard InChI is InChI=1S/C9H18BrNO2S/c1-2-14(13)8-7-11-9(12)5-3-4-6-10/h2-8H2,1H3,(H,11,12). The van der Waals surface area contributed by atoms with E-state index in [0.29, 0.717) is 24.5 Å². The molecule has 84 valence electrons. The Morgan fingerprint density at radius 2 is 2.14 bits per heavy atom. The molecule has 0 aliphatic rings. The Bertz CT molecular complexity index is 188. The van der Waals surface area contributed by atoms with Crippen molar-refractivity contribution in [2.24, 2.45) is 0 Å². The third kappa shape index (κ3) is 8.69. The summed E-state index contributed by atoms with van der Waals surface area (Å²) >= 11 is 3.31. The summed E-state index contributed by atoms with van der Waals surface area (Å²) in [5.74, 6) is 1.30. The van der Waals surface area contributed by atoms with Crippen LogP contribution in [0, 0.1) is 0 Å². The summed E-state index contributed by atoms with van der Waals surface area (Å²) in [6.07, 6.45) is 2.51. The molecule has 0 fully saturated rings. The topological polar surface area (TPSA) is 46.2 Å². The highest BCUT2D eigenvalue weighted by Gasteiger charge is 2.01. The average molecular weight is 284 g/mol. The van der Waals surface area contributed by atoms with Crippen LogP contribution in [0.2, 0.25) is 0 Å². The summed E-state index contributed by atoms with van der Waals surface area (Å²) < 4.78 is 11.0. The van der Waals surface area contributed by atoms with E-state index in [0.717, 1.165) is 18.2 Å². The Labute approximate surface area is 96.6 Å². The molecule has 0 rings (SSSR count). The number of amides is 1. The summed E-state index contributed by atoms with van der Waals surface area (Å²) in [5.41, 5.74) is 0. The van der Waals surface area contributed by atoms with E-state index < -0.39 is 10.8 Å². The lowest BCUT2D eigenvalue weighted by molar-refractivity contribution is -0.121. The lowest BCUT2D eigenvalue weighted by atomic mass is 10.2. The van der Waals surface area contributed by atoms with Crippen LogP contribution >= 0.6 is 15.9 Å². The summed E-state index contributed by atoms with van der Waals surface area (Å²) in [7, 11) is -0.773. The molecule has 3 nitrogen and oxygen atoms in total. The third-order valence-corrected chi connectivity index (χ3v) is 3.63. The Hall–Kier alpha value is 0.1000. The Morgan fingerprint density at radius 1 is 1.43 bits per heavy atom. The fourth-order valence-electron chi connectivity index (χ4n) is 0.917. The number of nitrogens with one attached hydrogen (secondary N) is 1. The zero-order valence-electron chi connectivity index (χ0n) is 8.55. The van der Waals surface area contributed by atoms with Gasteiger partial charge in [-0.25, -0.2) is 0 Å². The molecule has 0 saturated carbocycles. The van der Waals surface area contributed by atoms with Crippen LogP contribution in [0.25, 0.3) is 0 Å². The van der Waals surface area contributed by atoms with Crippen molar-refractivity contribution in [2.75, 3.05) is 23.4 Å². The van der Waals surface area contributed by atoms with Crippen LogP contribution in [0.4, 0.5) is 0 Å². The molecule has 14 heavy (non-hydrogen) atoms. The molecule has 0 bridgehead atoms. The van der Waals surface area contributed by atoms with Gasteiger partial charge in [0, 0.05) is 40.6 Å². The fraction of sp³-hybridized carbons (Fsp3) is 0.889. The van der Waals surface area contributed by atoms with Crippen molar-refractivity contribution in [3.05, 3.63) is 0 Å². The van der Waals surface area contributed by atoms with Crippen LogP contribution in [-0.4, -0.2) is 33.5 Å². The van der Waals surface area contributed by atoms with Crippen molar-refractivity contribution in [1.29, 1.82) is 0 Å². The smallest absolute Gasteiger partial charge is 0.220 e. The van der Waals surface area contributed by atoms with Gasteiger partial charge in [0.1, 0.15) is 0 Å². The molecule has 1 unspecified atom stereocenters. The molecular formula is C9H18BrNO2S. The number of carbonyl (C=O) groups excluding carboxylic acids is 1. The molecule has 0 aromatic rings. The summed E-state index contributed by atoms with van der Waals surface area (Å²) in [6, 6.07) is 0. The first-order chi connectivity index (χ1) is 6.70. The molecule has 0 aliphatic heterocycles. The molecule has 0 heterocycles. The monoisotopic (exact) mass is 283 g/mol. The van der Waals surface area contributed by atoms with E-state index in [1.807, 2.05) is 6.92 Å². The molecule has 0 aromatic carbocycles. The van der Waals surface area contributed by atoms with Crippen molar-refractivity contribution < 1.29 is 9.00 Å². The van der Waals surface area contributed by atoms with Crippen molar-refractivity contribution >= 4 is 32.6 Å². The van der Waals surface area contributed by atoms with E-state index in [4.69, 9.17) is 0 Å². The molecule has 1 N–H and O–H groups in total. The molecule has 1 amide bonds. The minimum absolute atomic E-state index is 0.0686. The molecule has 5 heteroatoms. The van der Waals surface area contributed by atoms with E-state index in [1.54, 1.807) is 0 Å². The van der Waals surface area contributed by atoms with Gasteiger partial charge in [-0.3, -0.25) is 9.00 Å². The van der Waals surface area contributed by atoms with Crippen molar-refractivity contribution in [2.45, 2.75) is 26.2 Å². The van der Waals surface area contributed by atoms with Gasteiger partial charge in [0.2, 0.25) is 5.91 Å². The van der Waals surface area contributed by atoms with E-state index in [-0.39, 0.29) is 5.91 Å². The number of hydrogen-bond acceptors (Lipinski definition) is 2. The number of rotatable bonds is 8. The highest BCUT2D eigenvalue weighted by atomic mass is 79.9.